The van der Waals surface area contributed by atoms with Gasteiger partial charge in [0.15, 0.2) is 0 Å². The van der Waals surface area contributed by atoms with Crippen LogP contribution in [0.2, 0.25) is 0 Å². The lowest BCUT2D eigenvalue weighted by molar-refractivity contribution is -0.129. The van der Waals surface area contributed by atoms with Crippen molar-refractivity contribution in [2.24, 2.45) is 5.92 Å². The standard InChI is InChI=1S/C21H32N4O3/c1-23(2)20(26)14-16-8-11-24(12-9-16)21(27)22-17-10-13-25(15-17)18-6-4-5-7-19(18)28-3/h4-7,16-17H,8-15H2,1-3H3,(H,22,27). The largest absolute Gasteiger partial charge is 0.495 e. The third-order valence-corrected chi connectivity index (χ3v) is 5.81. The zero-order valence-electron chi connectivity index (χ0n) is 17.2. The van der Waals surface area contributed by atoms with Gasteiger partial charge in [-0.05, 0) is 37.3 Å². The molecule has 0 saturated carbocycles. The number of para-hydroxylation sites is 2. The first kappa shape index (κ1) is 20.3. The highest BCUT2D eigenvalue weighted by Crippen LogP contribution is 2.30. The number of carbonyl (C=O) groups excluding carboxylic acids is 2. The second-order valence-electron chi connectivity index (χ2n) is 7.98. The Morgan fingerprint density at radius 2 is 1.86 bits per heavy atom. The van der Waals surface area contributed by atoms with E-state index in [1.54, 1.807) is 26.1 Å². The van der Waals surface area contributed by atoms with Crippen molar-refractivity contribution in [1.29, 1.82) is 0 Å². The van der Waals surface area contributed by atoms with E-state index >= 15 is 0 Å². The summed E-state index contributed by atoms with van der Waals surface area (Å²) < 4.78 is 5.46. The van der Waals surface area contributed by atoms with Crippen molar-refractivity contribution in [2.45, 2.75) is 31.7 Å². The summed E-state index contributed by atoms with van der Waals surface area (Å²) in [4.78, 5) is 30.3. The van der Waals surface area contributed by atoms with Crippen molar-refractivity contribution in [1.82, 2.24) is 15.1 Å². The van der Waals surface area contributed by atoms with E-state index in [1.165, 1.54) is 0 Å². The summed E-state index contributed by atoms with van der Waals surface area (Å²) in [6.07, 6.45) is 3.30. The van der Waals surface area contributed by atoms with E-state index in [-0.39, 0.29) is 18.0 Å². The molecule has 3 rings (SSSR count). The Kier molecular flexibility index (Phi) is 6.65. The molecule has 2 heterocycles. The molecule has 154 valence electrons. The van der Waals surface area contributed by atoms with Crippen LogP contribution in [-0.4, -0.2) is 75.2 Å². The number of anilines is 1. The Hall–Kier alpha value is -2.44. The van der Waals surface area contributed by atoms with E-state index in [0.717, 1.165) is 56.9 Å². The molecule has 2 aliphatic rings. The summed E-state index contributed by atoms with van der Waals surface area (Å²) in [5.74, 6) is 1.42. The molecule has 0 bridgehead atoms. The van der Waals surface area contributed by atoms with Gasteiger partial charge in [-0.1, -0.05) is 12.1 Å². The number of carbonyl (C=O) groups is 2. The Bertz CT molecular complexity index is 686. The van der Waals surface area contributed by atoms with Gasteiger partial charge in [0, 0.05) is 52.7 Å². The molecule has 0 aromatic heterocycles. The van der Waals surface area contributed by atoms with Crippen LogP contribution < -0.4 is 15.0 Å². The Morgan fingerprint density at radius 1 is 1.14 bits per heavy atom. The van der Waals surface area contributed by atoms with Crippen LogP contribution >= 0.6 is 0 Å². The number of amides is 3. The molecule has 1 N–H and O–H groups in total. The van der Waals surface area contributed by atoms with Crippen molar-refractivity contribution >= 4 is 17.6 Å². The summed E-state index contributed by atoms with van der Waals surface area (Å²) in [7, 11) is 5.27. The molecule has 0 radical (unpaired) electrons. The topological polar surface area (TPSA) is 65.1 Å². The molecule has 1 unspecified atom stereocenters. The smallest absolute Gasteiger partial charge is 0.317 e. The fraction of sp³-hybridized carbons (Fsp3) is 0.619. The van der Waals surface area contributed by atoms with Gasteiger partial charge in [-0.25, -0.2) is 4.79 Å². The highest BCUT2D eigenvalue weighted by molar-refractivity contribution is 5.76. The molecular formula is C21H32N4O3. The van der Waals surface area contributed by atoms with Gasteiger partial charge in [-0.2, -0.15) is 0 Å². The van der Waals surface area contributed by atoms with Gasteiger partial charge in [-0.15, -0.1) is 0 Å². The Morgan fingerprint density at radius 3 is 2.54 bits per heavy atom. The third-order valence-electron chi connectivity index (χ3n) is 5.81. The van der Waals surface area contributed by atoms with Crippen molar-refractivity contribution in [2.75, 3.05) is 52.3 Å². The van der Waals surface area contributed by atoms with Gasteiger partial charge in [-0.3, -0.25) is 4.79 Å². The van der Waals surface area contributed by atoms with Gasteiger partial charge < -0.3 is 24.8 Å². The monoisotopic (exact) mass is 388 g/mol. The first-order valence-corrected chi connectivity index (χ1v) is 10.1. The number of nitrogens with one attached hydrogen (secondary N) is 1. The van der Waals surface area contributed by atoms with E-state index in [0.29, 0.717) is 12.3 Å². The van der Waals surface area contributed by atoms with Crippen molar-refractivity contribution in [3.05, 3.63) is 24.3 Å². The summed E-state index contributed by atoms with van der Waals surface area (Å²) in [6, 6.07) is 8.16. The minimum absolute atomic E-state index is 0.0178. The van der Waals surface area contributed by atoms with Crippen LogP contribution in [0.15, 0.2) is 24.3 Å². The molecule has 1 aromatic rings. The molecular weight excluding hydrogens is 356 g/mol. The van der Waals surface area contributed by atoms with E-state index in [1.807, 2.05) is 23.1 Å². The first-order chi connectivity index (χ1) is 13.5. The second kappa shape index (κ2) is 9.17. The summed E-state index contributed by atoms with van der Waals surface area (Å²) in [5, 5.41) is 3.19. The van der Waals surface area contributed by atoms with Gasteiger partial charge in [0.25, 0.3) is 0 Å². The number of rotatable bonds is 5. The van der Waals surface area contributed by atoms with Crippen LogP contribution in [0.4, 0.5) is 10.5 Å². The van der Waals surface area contributed by atoms with Gasteiger partial charge in [0.05, 0.1) is 12.8 Å². The molecule has 7 heteroatoms. The molecule has 0 spiro atoms. The van der Waals surface area contributed by atoms with Crippen LogP contribution in [0, 0.1) is 5.92 Å². The van der Waals surface area contributed by atoms with Crippen LogP contribution in [0.25, 0.3) is 0 Å². The number of likely N-dealkylation sites (tertiary alicyclic amines) is 1. The lowest BCUT2D eigenvalue weighted by Gasteiger charge is -2.33. The fourth-order valence-electron chi connectivity index (χ4n) is 4.02. The number of ether oxygens (including phenoxy) is 1. The van der Waals surface area contributed by atoms with Crippen molar-refractivity contribution in [3.63, 3.8) is 0 Å². The zero-order chi connectivity index (χ0) is 20.1. The SMILES string of the molecule is COc1ccccc1N1CCC(NC(=O)N2CCC(CC(=O)N(C)C)CC2)C1. The Balaban J connectivity index is 1.45. The maximum Gasteiger partial charge on any atom is 0.317 e. The summed E-state index contributed by atoms with van der Waals surface area (Å²) in [6.45, 7) is 3.14. The Labute approximate surface area is 167 Å². The van der Waals surface area contributed by atoms with Crippen molar-refractivity contribution in [3.8, 4) is 5.75 Å². The number of hydrogen-bond donors (Lipinski definition) is 1. The van der Waals surface area contributed by atoms with E-state index in [9.17, 15) is 9.59 Å². The molecule has 0 aliphatic carbocycles. The quantitative estimate of drug-likeness (QED) is 0.840. The number of piperidine rings is 1. The number of benzene rings is 1. The molecule has 2 saturated heterocycles. The highest BCUT2D eigenvalue weighted by Gasteiger charge is 2.29. The number of methoxy groups -OCH3 is 1. The maximum absolute atomic E-state index is 12.7. The minimum atomic E-state index is 0.0178. The molecule has 1 atom stereocenters. The predicted molar refractivity (Wildman–Crippen MR) is 110 cm³/mol. The average Bonchev–Trinajstić information content (AvgIpc) is 3.16. The van der Waals surface area contributed by atoms with Crippen LogP contribution in [-0.2, 0) is 4.79 Å². The number of urea groups is 1. The van der Waals surface area contributed by atoms with E-state index in [4.69, 9.17) is 4.74 Å². The molecule has 2 aliphatic heterocycles. The summed E-state index contributed by atoms with van der Waals surface area (Å²) in [5.41, 5.74) is 1.08. The molecule has 3 amide bonds. The summed E-state index contributed by atoms with van der Waals surface area (Å²) >= 11 is 0. The highest BCUT2D eigenvalue weighted by atomic mass is 16.5. The van der Waals surface area contributed by atoms with Crippen molar-refractivity contribution < 1.29 is 14.3 Å². The van der Waals surface area contributed by atoms with E-state index < -0.39 is 0 Å². The zero-order valence-corrected chi connectivity index (χ0v) is 17.2. The van der Waals surface area contributed by atoms with Gasteiger partial charge >= 0.3 is 6.03 Å². The average molecular weight is 389 g/mol. The lowest BCUT2D eigenvalue weighted by atomic mass is 9.93. The second-order valence-corrected chi connectivity index (χ2v) is 7.98. The third kappa shape index (κ3) is 4.88. The molecule has 7 nitrogen and oxygen atoms in total. The van der Waals surface area contributed by atoms with Crippen LogP contribution in [0.5, 0.6) is 5.75 Å². The minimum Gasteiger partial charge on any atom is -0.495 e. The normalized spacial score (nSPS) is 20.2. The molecule has 2 fully saturated rings. The fourth-order valence-corrected chi connectivity index (χ4v) is 4.02. The van der Waals surface area contributed by atoms with Gasteiger partial charge in [0.2, 0.25) is 5.91 Å². The number of nitrogens with zero attached hydrogens (tertiary/aromatic N) is 3. The molecule has 28 heavy (non-hydrogen) atoms. The van der Waals surface area contributed by atoms with Crippen LogP contribution in [0.3, 0.4) is 0 Å². The lowest BCUT2D eigenvalue weighted by Crippen LogP contribution is -2.48. The van der Waals surface area contributed by atoms with Crippen LogP contribution in [0.1, 0.15) is 25.7 Å². The number of hydrogen-bond acceptors (Lipinski definition) is 4. The van der Waals surface area contributed by atoms with E-state index in [2.05, 4.69) is 16.3 Å². The predicted octanol–water partition coefficient (Wildman–Crippen LogP) is 2.17. The maximum atomic E-state index is 12.7. The first-order valence-electron chi connectivity index (χ1n) is 10.1. The van der Waals surface area contributed by atoms with Gasteiger partial charge in [0.1, 0.15) is 5.75 Å². The molecule has 1 aromatic carbocycles.